The summed E-state index contributed by atoms with van der Waals surface area (Å²) >= 11 is 3.04. The van der Waals surface area contributed by atoms with Crippen LogP contribution in [0.25, 0.3) is 0 Å². The van der Waals surface area contributed by atoms with Crippen LogP contribution in [-0.2, 0) is 16.1 Å². The van der Waals surface area contributed by atoms with Crippen molar-refractivity contribution in [3.05, 3.63) is 28.7 Å². The monoisotopic (exact) mass is 340 g/mol. The Balaban J connectivity index is 1.77. The van der Waals surface area contributed by atoms with Gasteiger partial charge < -0.3 is 14.6 Å². The van der Waals surface area contributed by atoms with Gasteiger partial charge in [0.15, 0.2) is 5.16 Å². The van der Waals surface area contributed by atoms with Crippen LogP contribution in [-0.4, -0.2) is 40.1 Å². The third kappa shape index (κ3) is 5.11. The van der Waals surface area contributed by atoms with E-state index in [4.69, 9.17) is 4.74 Å². The quantitative estimate of drug-likeness (QED) is 0.560. The number of carbonyl (C=O) groups excluding carboxylic acids is 1. The average Bonchev–Trinajstić information content (AvgIpc) is 3.17. The molecule has 0 bridgehead atoms. The molecule has 0 fully saturated rings. The van der Waals surface area contributed by atoms with Gasteiger partial charge in [0.2, 0.25) is 5.91 Å². The fourth-order valence-corrected chi connectivity index (χ4v) is 3.40. The number of aromatic nitrogens is 3. The second-order valence-corrected chi connectivity index (χ2v) is 6.67. The molecular formula is C14H20N4O2S2. The number of nitrogens with zero attached hydrogens (tertiary/aromatic N) is 3. The summed E-state index contributed by atoms with van der Waals surface area (Å²) in [5.74, 6) is 0.330. The van der Waals surface area contributed by atoms with Crippen molar-refractivity contribution in [1.29, 1.82) is 0 Å². The highest BCUT2D eigenvalue weighted by atomic mass is 32.2. The van der Waals surface area contributed by atoms with Gasteiger partial charge in [0, 0.05) is 25.1 Å². The highest BCUT2D eigenvalue weighted by molar-refractivity contribution is 7.99. The molecule has 1 atom stereocenters. The molecule has 0 aromatic carbocycles. The first-order valence-electron chi connectivity index (χ1n) is 7.03. The van der Waals surface area contributed by atoms with E-state index in [1.165, 1.54) is 11.8 Å². The molecule has 6 nitrogen and oxygen atoms in total. The van der Waals surface area contributed by atoms with Crippen molar-refractivity contribution in [3.63, 3.8) is 0 Å². The van der Waals surface area contributed by atoms with Gasteiger partial charge in [-0.2, -0.15) is 0 Å². The standard InChI is InChI=1S/C14H20N4O2S2/c1-11(12-5-3-8-21-12)16-13(19)9-22-14-17-15-10-18(14)6-4-7-20-2/h3,5,8,10-11H,4,6-7,9H2,1-2H3,(H,16,19)/t11-/m0/s1. The summed E-state index contributed by atoms with van der Waals surface area (Å²) in [6.45, 7) is 3.47. The Hall–Kier alpha value is -1.38. The van der Waals surface area contributed by atoms with Gasteiger partial charge in [-0.05, 0) is 24.8 Å². The Morgan fingerprint density at radius 3 is 3.18 bits per heavy atom. The summed E-state index contributed by atoms with van der Waals surface area (Å²) in [7, 11) is 1.68. The van der Waals surface area contributed by atoms with E-state index in [9.17, 15) is 4.79 Å². The van der Waals surface area contributed by atoms with Crippen LogP contribution in [0, 0.1) is 0 Å². The predicted molar refractivity (Wildman–Crippen MR) is 88.1 cm³/mol. The van der Waals surface area contributed by atoms with E-state index in [0.717, 1.165) is 23.0 Å². The number of ether oxygens (including phenoxy) is 1. The molecule has 22 heavy (non-hydrogen) atoms. The zero-order valence-electron chi connectivity index (χ0n) is 12.7. The normalized spacial score (nSPS) is 12.3. The minimum Gasteiger partial charge on any atom is -0.385 e. The summed E-state index contributed by atoms with van der Waals surface area (Å²) in [6.07, 6.45) is 2.58. The first kappa shape index (κ1) is 17.0. The number of hydrogen-bond acceptors (Lipinski definition) is 6. The van der Waals surface area contributed by atoms with E-state index in [-0.39, 0.29) is 11.9 Å². The Morgan fingerprint density at radius 2 is 2.45 bits per heavy atom. The number of hydrogen-bond donors (Lipinski definition) is 1. The first-order valence-corrected chi connectivity index (χ1v) is 8.89. The minimum absolute atomic E-state index is 0.00246. The van der Waals surface area contributed by atoms with Crippen LogP contribution in [0.2, 0.25) is 0 Å². The summed E-state index contributed by atoms with van der Waals surface area (Å²) in [5.41, 5.74) is 0. The fourth-order valence-electron chi connectivity index (χ4n) is 1.91. The Morgan fingerprint density at radius 1 is 1.59 bits per heavy atom. The maximum atomic E-state index is 12.0. The van der Waals surface area contributed by atoms with Gasteiger partial charge in [0.05, 0.1) is 11.8 Å². The molecule has 120 valence electrons. The number of rotatable bonds is 9. The molecule has 0 saturated carbocycles. The largest absolute Gasteiger partial charge is 0.385 e. The average molecular weight is 340 g/mol. The van der Waals surface area contributed by atoms with Crippen molar-refractivity contribution >= 4 is 29.0 Å². The van der Waals surface area contributed by atoms with E-state index in [1.54, 1.807) is 24.8 Å². The zero-order chi connectivity index (χ0) is 15.8. The Bertz CT molecular complexity index is 571. The van der Waals surface area contributed by atoms with Gasteiger partial charge in [0.25, 0.3) is 0 Å². The van der Waals surface area contributed by atoms with Crippen LogP contribution in [0.5, 0.6) is 0 Å². The van der Waals surface area contributed by atoms with Crippen molar-refractivity contribution in [2.75, 3.05) is 19.5 Å². The Kier molecular flexibility index (Phi) is 6.88. The van der Waals surface area contributed by atoms with E-state index in [2.05, 4.69) is 15.5 Å². The molecule has 0 aliphatic heterocycles. The molecule has 1 N–H and O–H groups in total. The van der Waals surface area contributed by atoms with Gasteiger partial charge in [-0.3, -0.25) is 4.79 Å². The molecule has 1 amide bonds. The molecule has 0 aliphatic rings. The maximum Gasteiger partial charge on any atom is 0.230 e. The maximum absolute atomic E-state index is 12.0. The van der Waals surface area contributed by atoms with E-state index in [1.807, 2.05) is 29.0 Å². The van der Waals surface area contributed by atoms with Crippen molar-refractivity contribution in [2.24, 2.45) is 0 Å². The van der Waals surface area contributed by atoms with E-state index >= 15 is 0 Å². The SMILES string of the molecule is COCCCn1cnnc1SCC(=O)N[C@@H](C)c1cccs1. The van der Waals surface area contributed by atoms with Crippen LogP contribution in [0.1, 0.15) is 24.3 Å². The summed E-state index contributed by atoms with van der Waals surface area (Å²) in [4.78, 5) is 13.2. The lowest BCUT2D eigenvalue weighted by molar-refractivity contribution is -0.119. The lowest BCUT2D eigenvalue weighted by Crippen LogP contribution is -2.27. The molecule has 0 aliphatic carbocycles. The van der Waals surface area contributed by atoms with Crippen molar-refractivity contribution in [2.45, 2.75) is 31.1 Å². The lowest BCUT2D eigenvalue weighted by atomic mass is 10.3. The number of aryl methyl sites for hydroxylation is 1. The Labute approximate surface area is 138 Å². The molecule has 0 radical (unpaired) electrons. The lowest BCUT2D eigenvalue weighted by Gasteiger charge is -2.12. The van der Waals surface area contributed by atoms with Crippen molar-refractivity contribution in [3.8, 4) is 0 Å². The number of methoxy groups -OCH3 is 1. The minimum atomic E-state index is -0.00246. The van der Waals surface area contributed by atoms with Crippen LogP contribution in [0.15, 0.2) is 29.0 Å². The molecule has 2 rings (SSSR count). The molecule has 0 unspecified atom stereocenters. The molecule has 8 heteroatoms. The second-order valence-electron chi connectivity index (χ2n) is 4.75. The summed E-state index contributed by atoms with van der Waals surface area (Å²) in [5, 5.41) is 13.7. The molecule has 0 saturated heterocycles. The molecule has 2 heterocycles. The third-order valence-corrected chi connectivity index (χ3v) is 5.04. The zero-order valence-corrected chi connectivity index (χ0v) is 14.3. The smallest absolute Gasteiger partial charge is 0.230 e. The van der Waals surface area contributed by atoms with Gasteiger partial charge in [-0.25, -0.2) is 0 Å². The number of nitrogens with one attached hydrogen (secondary N) is 1. The van der Waals surface area contributed by atoms with E-state index in [0.29, 0.717) is 12.4 Å². The fraction of sp³-hybridized carbons (Fsp3) is 0.500. The van der Waals surface area contributed by atoms with E-state index < -0.39 is 0 Å². The number of amides is 1. The number of thiophene rings is 1. The number of carbonyl (C=O) groups is 1. The molecular weight excluding hydrogens is 320 g/mol. The van der Waals surface area contributed by atoms with Gasteiger partial charge in [-0.1, -0.05) is 17.8 Å². The van der Waals surface area contributed by atoms with Gasteiger partial charge in [0.1, 0.15) is 6.33 Å². The van der Waals surface area contributed by atoms with Crippen LogP contribution in [0.4, 0.5) is 0 Å². The van der Waals surface area contributed by atoms with Crippen LogP contribution >= 0.6 is 23.1 Å². The second kappa shape index (κ2) is 8.92. The molecule has 2 aromatic heterocycles. The summed E-state index contributed by atoms with van der Waals surface area (Å²) < 4.78 is 6.98. The highest BCUT2D eigenvalue weighted by Gasteiger charge is 2.12. The third-order valence-electron chi connectivity index (χ3n) is 3.01. The van der Waals surface area contributed by atoms with Crippen LogP contribution < -0.4 is 5.32 Å². The highest BCUT2D eigenvalue weighted by Crippen LogP contribution is 2.19. The first-order chi connectivity index (χ1) is 10.7. The summed E-state index contributed by atoms with van der Waals surface area (Å²) in [6, 6.07) is 4.04. The van der Waals surface area contributed by atoms with Gasteiger partial charge in [-0.15, -0.1) is 21.5 Å². The van der Waals surface area contributed by atoms with Crippen LogP contribution in [0.3, 0.4) is 0 Å². The topological polar surface area (TPSA) is 69.0 Å². The predicted octanol–water partition coefficient (Wildman–Crippen LogP) is 2.35. The van der Waals surface area contributed by atoms with Crippen molar-refractivity contribution in [1.82, 2.24) is 20.1 Å². The molecule has 0 spiro atoms. The number of thioether (sulfide) groups is 1. The van der Waals surface area contributed by atoms with Crippen molar-refractivity contribution < 1.29 is 9.53 Å². The van der Waals surface area contributed by atoms with Gasteiger partial charge >= 0.3 is 0 Å². The molecule has 2 aromatic rings.